The first-order valence-corrected chi connectivity index (χ1v) is 20.7. The number of furan rings is 1. The molecule has 0 saturated heterocycles. The highest BCUT2D eigenvalue weighted by molar-refractivity contribution is 6.24. The molecule has 0 aliphatic carbocycles. The molecule has 10 aromatic carbocycles. The lowest BCUT2D eigenvalue weighted by Gasteiger charge is -2.26. The van der Waals surface area contributed by atoms with Gasteiger partial charge in [0.15, 0.2) is 0 Å². The molecule has 3 heterocycles. The molecule has 5 heteroatoms. The fourth-order valence-corrected chi connectivity index (χ4v) is 9.59. The van der Waals surface area contributed by atoms with Crippen LogP contribution in [0.2, 0.25) is 0 Å². The summed E-state index contributed by atoms with van der Waals surface area (Å²) < 4.78 is 9.02. The van der Waals surface area contributed by atoms with Crippen LogP contribution >= 0.6 is 0 Å². The average Bonchev–Trinajstić information content (AvgIpc) is 3.88. The maximum absolute atomic E-state index is 6.77. The number of para-hydroxylation sites is 3. The van der Waals surface area contributed by atoms with Gasteiger partial charge < -0.3 is 9.32 Å². The van der Waals surface area contributed by atoms with E-state index in [1.165, 1.54) is 21.5 Å². The van der Waals surface area contributed by atoms with Gasteiger partial charge in [0.05, 0.1) is 22.2 Å². The van der Waals surface area contributed by atoms with E-state index < -0.39 is 0 Å². The first-order chi connectivity index (χ1) is 30.2. The molecule has 5 nitrogen and oxygen atoms in total. The van der Waals surface area contributed by atoms with Crippen LogP contribution in [0.25, 0.3) is 104 Å². The van der Waals surface area contributed by atoms with Crippen LogP contribution in [-0.2, 0) is 0 Å². The predicted molar refractivity (Wildman–Crippen MR) is 254 cm³/mol. The van der Waals surface area contributed by atoms with E-state index in [0.29, 0.717) is 5.95 Å². The van der Waals surface area contributed by atoms with Crippen LogP contribution in [0, 0.1) is 0 Å². The monoisotopic (exact) mass is 778 g/mol. The minimum Gasteiger partial charge on any atom is -0.455 e. The van der Waals surface area contributed by atoms with E-state index in [1.807, 2.05) is 12.1 Å². The molecule has 0 saturated carbocycles. The third-order valence-corrected chi connectivity index (χ3v) is 12.3. The summed E-state index contributed by atoms with van der Waals surface area (Å²) in [4.78, 5) is 13.3. The standard InChI is InChI=1S/C56H34N4O/c1-2-18-39(19-3-1)59(40-28-26-35-14-4-5-16-37(35)32-40)41-29-31-49-46(34-41)52-42-20-8-6-15-36(42)27-30-50(52)60(49)56-57-48-24-12-10-22-44(48)54(58-56)47-33-38-17-7-9-21-43(38)53-45-23-11-13-25-51(45)61-55(47)53/h1-34H. The van der Waals surface area contributed by atoms with Gasteiger partial charge in [0.2, 0.25) is 5.95 Å². The second-order valence-electron chi connectivity index (χ2n) is 15.8. The predicted octanol–water partition coefficient (Wildman–Crippen LogP) is 15.2. The smallest absolute Gasteiger partial charge is 0.235 e. The van der Waals surface area contributed by atoms with E-state index in [1.54, 1.807) is 0 Å². The lowest BCUT2D eigenvalue weighted by atomic mass is 9.97. The van der Waals surface area contributed by atoms with E-state index in [-0.39, 0.29) is 0 Å². The fraction of sp³-hybridized carbons (Fsp3) is 0. The zero-order valence-corrected chi connectivity index (χ0v) is 32.8. The number of aromatic nitrogens is 3. The summed E-state index contributed by atoms with van der Waals surface area (Å²) in [5.41, 5.74) is 9.60. The van der Waals surface area contributed by atoms with E-state index in [4.69, 9.17) is 14.4 Å². The Morgan fingerprint density at radius 3 is 1.87 bits per heavy atom. The van der Waals surface area contributed by atoms with Crippen molar-refractivity contribution in [1.29, 1.82) is 0 Å². The van der Waals surface area contributed by atoms with Gasteiger partial charge in [-0.2, -0.15) is 0 Å². The van der Waals surface area contributed by atoms with E-state index in [0.717, 1.165) is 93.7 Å². The zero-order chi connectivity index (χ0) is 40.0. The average molecular weight is 779 g/mol. The maximum atomic E-state index is 6.77. The van der Waals surface area contributed by atoms with Gasteiger partial charge in [-0.3, -0.25) is 4.57 Å². The number of hydrogen-bond donors (Lipinski definition) is 0. The largest absolute Gasteiger partial charge is 0.455 e. The van der Waals surface area contributed by atoms with Crippen molar-refractivity contribution >= 4 is 104 Å². The van der Waals surface area contributed by atoms with Crippen LogP contribution in [0.3, 0.4) is 0 Å². The van der Waals surface area contributed by atoms with Crippen molar-refractivity contribution in [2.24, 2.45) is 0 Å². The Morgan fingerprint density at radius 2 is 1.02 bits per heavy atom. The van der Waals surface area contributed by atoms with Gasteiger partial charge in [-0.25, -0.2) is 9.97 Å². The molecule has 0 unspecified atom stereocenters. The molecule has 3 aromatic heterocycles. The lowest BCUT2D eigenvalue weighted by molar-refractivity contribution is 0.670. The molecule has 0 N–H and O–H groups in total. The van der Waals surface area contributed by atoms with Crippen molar-refractivity contribution in [1.82, 2.24) is 14.5 Å². The van der Waals surface area contributed by atoms with E-state index in [2.05, 4.69) is 204 Å². The minimum absolute atomic E-state index is 0.601. The van der Waals surface area contributed by atoms with Crippen LogP contribution in [0.1, 0.15) is 0 Å². The van der Waals surface area contributed by atoms with Gasteiger partial charge in [-0.05, 0) is 99.0 Å². The molecule has 0 atom stereocenters. The topological polar surface area (TPSA) is 47.1 Å². The molecule has 61 heavy (non-hydrogen) atoms. The molecule has 0 spiro atoms. The molecule has 0 radical (unpaired) electrons. The summed E-state index contributed by atoms with van der Waals surface area (Å²) in [6, 6.07) is 73.2. The molecular formula is C56H34N4O. The Labute approximate surface area is 350 Å². The Balaban J connectivity index is 1.10. The van der Waals surface area contributed by atoms with Gasteiger partial charge >= 0.3 is 0 Å². The van der Waals surface area contributed by atoms with Crippen LogP contribution in [0.5, 0.6) is 0 Å². The number of hydrogen-bond acceptors (Lipinski definition) is 4. The molecular weight excluding hydrogens is 745 g/mol. The summed E-state index contributed by atoms with van der Waals surface area (Å²) in [5.74, 6) is 0.601. The molecule has 0 amide bonds. The van der Waals surface area contributed by atoms with Gasteiger partial charge in [0.25, 0.3) is 0 Å². The second-order valence-corrected chi connectivity index (χ2v) is 15.8. The highest BCUT2D eigenvalue weighted by Gasteiger charge is 2.24. The number of anilines is 3. The first-order valence-electron chi connectivity index (χ1n) is 20.7. The molecule has 13 rings (SSSR count). The quantitative estimate of drug-likeness (QED) is 0.175. The summed E-state index contributed by atoms with van der Waals surface area (Å²) in [6.45, 7) is 0. The summed E-state index contributed by atoms with van der Waals surface area (Å²) >= 11 is 0. The summed E-state index contributed by atoms with van der Waals surface area (Å²) in [5, 5.41) is 12.5. The van der Waals surface area contributed by atoms with Crippen molar-refractivity contribution in [3.8, 4) is 17.2 Å². The maximum Gasteiger partial charge on any atom is 0.235 e. The van der Waals surface area contributed by atoms with E-state index in [9.17, 15) is 0 Å². The number of nitrogens with zero attached hydrogens (tertiary/aromatic N) is 4. The van der Waals surface area contributed by atoms with Crippen molar-refractivity contribution in [2.45, 2.75) is 0 Å². The van der Waals surface area contributed by atoms with Crippen molar-refractivity contribution in [3.05, 3.63) is 206 Å². The van der Waals surface area contributed by atoms with Crippen molar-refractivity contribution in [2.75, 3.05) is 4.90 Å². The number of fused-ring (bicyclic) bond motifs is 12. The molecule has 284 valence electrons. The number of rotatable bonds is 5. The van der Waals surface area contributed by atoms with Crippen LogP contribution in [0.4, 0.5) is 17.1 Å². The van der Waals surface area contributed by atoms with Crippen LogP contribution < -0.4 is 4.90 Å². The fourth-order valence-electron chi connectivity index (χ4n) is 9.59. The van der Waals surface area contributed by atoms with Crippen LogP contribution in [-0.4, -0.2) is 14.5 Å². The van der Waals surface area contributed by atoms with Crippen molar-refractivity contribution < 1.29 is 4.42 Å². The van der Waals surface area contributed by atoms with Gasteiger partial charge in [-0.15, -0.1) is 0 Å². The Morgan fingerprint density at radius 1 is 0.393 bits per heavy atom. The van der Waals surface area contributed by atoms with Gasteiger partial charge in [-0.1, -0.05) is 140 Å². The van der Waals surface area contributed by atoms with E-state index >= 15 is 0 Å². The molecule has 0 bridgehead atoms. The van der Waals surface area contributed by atoms with Crippen LogP contribution in [0.15, 0.2) is 211 Å². The first kappa shape index (κ1) is 33.7. The number of benzene rings is 10. The molecule has 0 aliphatic heterocycles. The second kappa shape index (κ2) is 13.1. The normalized spacial score (nSPS) is 11.9. The molecule has 0 aliphatic rings. The summed E-state index contributed by atoms with van der Waals surface area (Å²) in [6.07, 6.45) is 0. The third kappa shape index (κ3) is 5.14. The Kier molecular flexibility index (Phi) is 7.24. The zero-order valence-electron chi connectivity index (χ0n) is 32.8. The Hall–Kier alpha value is -8.28. The van der Waals surface area contributed by atoms with Crippen molar-refractivity contribution in [3.63, 3.8) is 0 Å². The van der Waals surface area contributed by atoms with Gasteiger partial charge in [0.1, 0.15) is 11.2 Å². The lowest BCUT2D eigenvalue weighted by Crippen LogP contribution is -2.10. The SMILES string of the molecule is c1ccc(N(c2ccc3ccccc3c2)c2ccc3c(c2)c2c4ccccc4ccc2n3-c2nc(-c3cc4ccccc4c4c3oc3ccccc34)c3ccccc3n2)cc1. The Bertz CT molecular complexity index is 3900. The summed E-state index contributed by atoms with van der Waals surface area (Å²) in [7, 11) is 0. The molecule has 13 aromatic rings. The highest BCUT2D eigenvalue weighted by Crippen LogP contribution is 2.45. The van der Waals surface area contributed by atoms with Gasteiger partial charge in [0, 0.05) is 49.6 Å². The minimum atomic E-state index is 0.601. The third-order valence-electron chi connectivity index (χ3n) is 12.3. The highest BCUT2D eigenvalue weighted by atomic mass is 16.3. The molecule has 0 fully saturated rings.